The number of nitro groups is 1. The molecule has 0 atom stereocenters. The van der Waals surface area contributed by atoms with Gasteiger partial charge in [0.05, 0.1) is 11.1 Å². The fourth-order valence-electron chi connectivity index (χ4n) is 1.25. The Kier molecular flexibility index (Phi) is 4.91. The largest absolute Gasteiger partial charge is 0.347 e. The van der Waals surface area contributed by atoms with Crippen LogP contribution in [-0.2, 0) is 6.54 Å². The number of nitrogens with zero attached hydrogens (tertiary/aromatic N) is 3. The normalized spacial score (nSPS) is 10.3. The van der Waals surface area contributed by atoms with E-state index in [1.54, 1.807) is 0 Å². The number of alkyl halides is 1. The Labute approximate surface area is 97.0 Å². The monoisotopic (exact) mass is 245 g/mol. The van der Waals surface area contributed by atoms with E-state index in [4.69, 9.17) is 11.6 Å². The fraction of sp³-hybridized carbons (Fsp3) is 0.556. The van der Waals surface area contributed by atoms with E-state index in [1.807, 2.05) is 0 Å². The molecular weight excluding hydrogens is 234 g/mol. The molecule has 0 fully saturated rings. The molecule has 16 heavy (non-hydrogen) atoms. The third-order valence-corrected chi connectivity index (χ3v) is 2.35. The molecule has 1 aromatic rings. The van der Waals surface area contributed by atoms with Crippen LogP contribution in [0, 0.1) is 10.1 Å². The minimum Gasteiger partial charge on any atom is -0.292 e. The lowest BCUT2D eigenvalue weighted by Crippen LogP contribution is -2.22. The molecule has 0 N–H and O–H groups in total. The molecule has 1 aromatic heterocycles. The van der Waals surface area contributed by atoms with Crippen molar-refractivity contribution in [3.8, 4) is 0 Å². The number of rotatable bonds is 6. The molecule has 1 heterocycles. The van der Waals surface area contributed by atoms with E-state index in [1.165, 1.54) is 10.8 Å². The van der Waals surface area contributed by atoms with Crippen LogP contribution in [0.1, 0.15) is 19.3 Å². The van der Waals surface area contributed by atoms with Crippen LogP contribution in [0.4, 0.5) is 5.69 Å². The second-order valence-corrected chi connectivity index (χ2v) is 3.67. The van der Waals surface area contributed by atoms with Gasteiger partial charge in [0.25, 0.3) is 0 Å². The molecule has 6 nitrogen and oxygen atoms in total. The van der Waals surface area contributed by atoms with Gasteiger partial charge >= 0.3 is 11.4 Å². The van der Waals surface area contributed by atoms with Crippen molar-refractivity contribution in [2.75, 3.05) is 5.88 Å². The highest BCUT2D eigenvalue weighted by Crippen LogP contribution is 2.06. The number of halogens is 1. The topological polar surface area (TPSA) is 78.0 Å². The zero-order valence-corrected chi connectivity index (χ0v) is 9.39. The van der Waals surface area contributed by atoms with Gasteiger partial charge < -0.3 is 0 Å². The molecule has 0 bridgehead atoms. The van der Waals surface area contributed by atoms with Gasteiger partial charge in [0.15, 0.2) is 0 Å². The number of hydrogen-bond donors (Lipinski definition) is 0. The summed E-state index contributed by atoms with van der Waals surface area (Å²) in [5, 5.41) is 10.5. The maximum Gasteiger partial charge on any atom is 0.347 e. The van der Waals surface area contributed by atoms with E-state index in [2.05, 4.69) is 4.98 Å². The number of unbranched alkanes of at least 4 members (excludes halogenated alkanes) is 2. The molecule has 0 aliphatic carbocycles. The Bertz CT molecular complexity index is 419. The third-order valence-electron chi connectivity index (χ3n) is 2.08. The Morgan fingerprint density at radius 1 is 1.44 bits per heavy atom. The summed E-state index contributed by atoms with van der Waals surface area (Å²) in [6.45, 7) is 0.435. The highest BCUT2D eigenvalue weighted by molar-refractivity contribution is 6.17. The maximum atomic E-state index is 11.3. The van der Waals surface area contributed by atoms with Gasteiger partial charge in [-0.05, 0) is 12.8 Å². The van der Waals surface area contributed by atoms with Gasteiger partial charge in [-0.1, -0.05) is 6.42 Å². The zero-order chi connectivity index (χ0) is 12.0. The van der Waals surface area contributed by atoms with Gasteiger partial charge in [0.2, 0.25) is 0 Å². The van der Waals surface area contributed by atoms with Crippen LogP contribution < -0.4 is 5.69 Å². The van der Waals surface area contributed by atoms with Crippen LogP contribution in [0.25, 0.3) is 0 Å². The molecule has 0 aliphatic rings. The molecule has 0 radical (unpaired) electrons. The van der Waals surface area contributed by atoms with Crippen molar-refractivity contribution >= 4 is 17.3 Å². The van der Waals surface area contributed by atoms with Gasteiger partial charge in [0, 0.05) is 12.4 Å². The van der Waals surface area contributed by atoms with E-state index in [0.29, 0.717) is 12.4 Å². The summed E-state index contributed by atoms with van der Waals surface area (Å²) in [7, 11) is 0. The second kappa shape index (κ2) is 6.22. The first-order chi connectivity index (χ1) is 7.65. The van der Waals surface area contributed by atoms with E-state index < -0.39 is 10.6 Å². The van der Waals surface area contributed by atoms with E-state index in [9.17, 15) is 14.9 Å². The quantitative estimate of drug-likeness (QED) is 0.330. The van der Waals surface area contributed by atoms with Crippen molar-refractivity contribution in [2.24, 2.45) is 0 Å². The Morgan fingerprint density at radius 3 is 2.81 bits per heavy atom. The molecule has 0 unspecified atom stereocenters. The fourth-order valence-corrected chi connectivity index (χ4v) is 1.44. The van der Waals surface area contributed by atoms with Crippen molar-refractivity contribution in [3.63, 3.8) is 0 Å². The molecule has 1 rings (SSSR count). The first kappa shape index (κ1) is 12.6. The summed E-state index contributed by atoms with van der Waals surface area (Å²) in [6.07, 6.45) is 4.71. The average Bonchev–Trinajstić information content (AvgIpc) is 2.26. The molecule has 0 spiro atoms. The van der Waals surface area contributed by atoms with Crippen LogP contribution in [0.15, 0.2) is 17.2 Å². The lowest BCUT2D eigenvalue weighted by molar-refractivity contribution is -0.385. The molecule has 88 valence electrons. The second-order valence-electron chi connectivity index (χ2n) is 3.29. The lowest BCUT2D eigenvalue weighted by atomic mass is 10.2. The minimum absolute atomic E-state index is 0.169. The van der Waals surface area contributed by atoms with Crippen molar-refractivity contribution in [1.29, 1.82) is 0 Å². The smallest absolute Gasteiger partial charge is 0.292 e. The molecular formula is C9H12ClN3O3. The Hall–Kier alpha value is -1.43. The SMILES string of the molecule is O=c1ncc([N+](=O)[O-])cn1CCCCCCl. The molecule has 0 amide bonds. The van der Waals surface area contributed by atoms with Crippen molar-refractivity contribution < 1.29 is 4.92 Å². The number of aromatic nitrogens is 2. The standard InChI is InChI=1S/C9H12ClN3O3/c10-4-2-1-3-5-12-7-8(13(15)16)6-11-9(12)14/h6-7H,1-5H2. The van der Waals surface area contributed by atoms with E-state index >= 15 is 0 Å². The maximum absolute atomic E-state index is 11.3. The van der Waals surface area contributed by atoms with Gasteiger partial charge in [-0.15, -0.1) is 11.6 Å². The summed E-state index contributed by atoms with van der Waals surface area (Å²) in [6, 6.07) is 0. The van der Waals surface area contributed by atoms with Crippen LogP contribution >= 0.6 is 11.6 Å². The molecule has 0 aliphatic heterocycles. The third kappa shape index (κ3) is 3.62. The van der Waals surface area contributed by atoms with Gasteiger partial charge in [-0.25, -0.2) is 4.79 Å². The first-order valence-electron chi connectivity index (χ1n) is 4.92. The van der Waals surface area contributed by atoms with Crippen molar-refractivity contribution in [3.05, 3.63) is 33.0 Å². The first-order valence-corrected chi connectivity index (χ1v) is 5.45. The number of aryl methyl sites for hydroxylation is 1. The van der Waals surface area contributed by atoms with Crippen LogP contribution in [0.3, 0.4) is 0 Å². The molecule has 0 saturated heterocycles. The zero-order valence-electron chi connectivity index (χ0n) is 8.63. The van der Waals surface area contributed by atoms with E-state index in [-0.39, 0.29) is 5.69 Å². The highest BCUT2D eigenvalue weighted by atomic mass is 35.5. The van der Waals surface area contributed by atoms with E-state index in [0.717, 1.165) is 25.5 Å². The molecule has 0 aromatic carbocycles. The van der Waals surface area contributed by atoms with Crippen molar-refractivity contribution in [2.45, 2.75) is 25.8 Å². The minimum atomic E-state index is -0.568. The van der Waals surface area contributed by atoms with Gasteiger partial charge in [-0.3, -0.25) is 14.7 Å². The van der Waals surface area contributed by atoms with Crippen LogP contribution in [0.2, 0.25) is 0 Å². The summed E-state index contributed by atoms with van der Waals surface area (Å²) >= 11 is 5.51. The molecule has 7 heteroatoms. The van der Waals surface area contributed by atoms with Crippen LogP contribution in [-0.4, -0.2) is 20.4 Å². The highest BCUT2D eigenvalue weighted by Gasteiger charge is 2.08. The summed E-state index contributed by atoms with van der Waals surface area (Å²) < 4.78 is 1.26. The lowest BCUT2D eigenvalue weighted by Gasteiger charge is -2.03. The van der Waals surface area contributed by atoms with Crippen LogP contribution in [0.5, 0.6) is 0 Å². The predicted molar refractivity (Wildman–Crippen MR) is 59.7 cm³/mol. The Balaban J connectivity index is 2.67. The summed E-state index contributed by atoms with van der Waals surface area (Å²) in [4.78, 5) is 24.6. The molecule has 0 saturated carbocycles. The van der Waals surface area contributed by atoms with Crippen molar-refractivity contribution in [1.82, 2.24) is 9.55 Å². The van der Waals surface area contributed by atoms with Gasteiger partial charge in [0.1, 0.15) is 6.20 Å². The average molecular weight is 246 g/mol. The van der Waals surface area contributed by atoms with Gasteiger partial charge in [-0.2, -0.15) is 4.98 Å². The summed E-state index contributed by atoms with van der Waals surface area (Å²) in [5.41, 5.74) is -0.631. The number of hydrogen-bond acceptors (Lipinski definition) is 4. The predicted octanol–water partition coefficient (Wildman–Crippen LogP) is 1.56. The summed E-state index contributed by atoms with van der Waals surface area (Å²) in [5.74, 6) is 0.585. The Morgan fingerprint density at radius 2 is 2.19 bits per heavy atom.